The Morgan fingerprint density at radius 2 is 1.62 bits per heavy atom. The number of nitrogens with zero attached hydrogens (tertiary/aromatic N) is 1. The Morgan fingerprint density at radius 3 is 2.21 bits per heavy atom. The molecule has 2 amide bonds. The molecule has 0 saturated heterocycles. The van der Waals surface area contributed by atoms with Crippen molar-refractivity contribution in [1.29, 1.82) is 0 Å². The Kier molecular flexibility index (Phi) is 9.35. The summed E-state index contributed by atoms with van der Waals surface area (Å²) >= 11 is 3.41. The van der Waals surface area contributed by atoms with Gasteiger partial charge < -0.3 is 10.6 Å². The van der Waals surface area contributed by atoms with Crippen LogP contribution in [0.15, 0.2) is 53.0 Å². The molecule has 0 aliphatic heterocycles. The van der Waals surface area contributed by atoms with E-state index >= 15 is 0 Å². The predicted octanol–water partition coefficient (Wildman–Crippen LogP) is 4.17. The molecule has 0 fully saturated rings. The Hall–Kier alpha value is -2.18. The number of benzene rings is 2. The number of halogens is 1. The fourth-order valence-electron chi connectivity index (χ4n) is 3.22. The maximum Gasteiger partial charge on any atom is 0.222 e. The second kappa shape index (κ2) is 11.7. The van der Waals surface area contributed by atoms with E-state index in [1.54, 1.807) is 0 Å². The van der Waals surface area contributed by atoms with E-state index in [1.807, 2.05) is 36.4 Å². The summed E-state index contributed by atoms with van der Waals surface area (Å²) in [6, 6.07) is 15.5. The van der Waals surface area contributed by atoms with Gasteiger partial charge in [0.2, 0.25) is 11.8 Å². The molecule has 0 bridgehead atoms. The van der Waals surface area contributed by atoms with Crippen molar-refractivity contribution < 1.29 is 9.59 Å². The first-order chi connectivity index (χ1) is 13.9. The molecule has 0 aliphatic carbocycles. The van der Waals surface area contributed by atoms with Gasteiger partial charge in [-0.3, -0.25) is 14.5 Å². The van der Waals surface area contributed by atoms with Crippen LogP contribution in [0.3, 0.4) is 0 Å². The first-order valence-electron chi connectivity index (χ1n) is 10.0. The molecule has 2 aromatic carbocycles. The van der Waals surface area contributed by atoms with Gasteiger partial charge in [-0.15, -0.1) is 0 Å². The van der Waals surface area contributed by atoms with E-state index in [9.17, 15) is 9.59 Å². The lowest BCUT2D eigenvalue weighted by Gasteiger charge is -2.21. The molecule has 2 N–H and O–H groups in total. The van der Waals surface area contributed by atoms with Gasteiger partial charge >= 0.3 is 0 Å². The van der Waals surface area contributed by atoms with E-state index in [1.165, 1.54) is 12.5 Å². The summed E-state index contributed by atoms with van der Waals surface area (Å²) < 4.78 is 0.956. The first-order valence-corrected chi connectivity index (χ1v) is 10.8. The molecule has 0 spiro atoms. The van der Waals surface area contributed by atoms with Gasteiger partial charge in [0.1, 0.15) is 0 Å². The van der Waals surface area contributed by atoms with Crippen molar-refractivity contribution in [2.24, 2.45) is 0 Å². The van der Waals surface area contributed by atoms with Crippen molar-refractivity contribution in [3.8, 4) is 0 Å². The lowest BCUT2D eigenvalue weighted by Crippen LogP contribution is -2.32. The maximum atomic E-state index is 12.6. The van der Waals surface area contributed by atoms with Crippen LogP contribution in [0.2, 0.25) is 0 Å². The lowest BCUT2D eigenvalue weighted by atomic mass is 10.0. The minimum Gasteiger partial charge on any atom is -0.352 e. The maximum absolute atomic E-state index is 12.6. The zero-order chi connectivity index (χ0) is 21.2. The van der Waals surface area contributed by atoms with Crippen LogP contribution in [0, 0.1) is 0 Å². The largest absolute Gasteiger partial charge is 0.352 e. The number of carbonyl (C=O) groups excluding carboxylic acids is 2. The molecule has 0 saturated carbocycles. The molecule has 2 aromatic rings. The number of rotatable bonds is 10. The highest BCUT2D eigenvalue weighted by Crippen LogP contribution is 2.20. The number of amides is 2. The van der Waals surface area contributed by atoms with Gasteiger partial charge in [0, 0.05) is 24.5 Å². The number of hydrogen-bond acceptors (Lipinski definition) is 3. The van der Waals surface area contributed by atoms with Crippen LogP contribution in [0.25, 0.3) is 0 Å². The molecule has 29 heavy (non-hydrogen) atoms. The molecule has 0 aromatic heterocycles. The zero-order valence-corrected chi connectivity index (χ0v) is 19.0. The van der Waals surface area contributed by atoms with Crippen LogP contribution >= 0.6 is 15.9 Å². The smallest absolute Gasteiger partial charge is 0.222 e. The molecule has 5 nitrogen and oxygen atoms in total. The highest BCUT2D eigenvalue weighted by Gasteiger charge is 2.17. The third-order valence-corrected chi connectivity index (χ3v) is 5.45. The van der Waals surface area contributed by atoms with Gasteiger partial charge in [0.05, 0.1) is 12.5 Å². The van der Waals surface area contributed by atoms with Crippen molar-refractivity contribution in [1.82, 2.24) is 15.5 Å². The van der Waals surface area contributed by atoms with Crippen LogP contribution in [0.5, 0.6) is 0 Å². The van der Waals surface area contributed by atoms with E-state index in [4.69, 9.17) is 0 Å². The van der Waals surface area contributed by atoms with Crippen LogP contribution in [-0.4, -0.2) is 29.8 Å². The molecule has 0 heterocycles. The van der Waals surface area contributed by atoms with E-state index in [0.29, 0.717) is 6.54 Å². The highest BCUT2D eigenvalue weighted by molar-refractivity contribution is 9.10. The van der Waals surface area contributed by atoms with Crippen molar-refractivity contribution in [2.45, 2.75) is 46.3 Å². The molecule has 0 radical (unpaired) electrons. The fraction of sp³-hybridized carbons (Fsp3) is 0.391. The van der Waals surface area contributed by atoms with Crippen LogP contribution < -0.4 is 10.6 Å². The third kappa shape index (κ3) is 7.63. The fourth-order valence-corrected chi connectivity index (χ4v) is 3.48. The topological polar surface area (TPSA) is 61.4 Å². The van der Waals surface area contributed by atoms with E-state index in [0.717, 1.165) is 35.2 Å². The third-order valence-electron chi connectivity index (χ3n) is 4.92. The van der Waals surface area contributed by atoms with Gasteiger partial charge in [0.15, 0.2) is 0 Å². The summed E-state index contributed by atoms with van der Waals surface area (Å²) in [5, 5.41) is 5.89. The van der Waals surface area contributed by atoms with E-state index in [-0.39, 0.29) is 24.3 Å². The summed E-state index contributed by atoms with van der Waals surface area (Å²) in [6.45, 7) is 9.09. The normalized spacial score (nSPS) is 11.9. The number of nitrogens with one attached hydrogen (secondary N) is 2. The lowest BCUT2D eigenvalue weighted by molar-refractivity contribution is -0.122. The van der Waals surface area contributed by atoms with Gasteiger partial charge in [-0.05, 0) is 41.9 Å². The first kappa shape index (κ1) is 23.1. The summed E-state index contributed by atoms with van der Waals surface area (Å²) in [5.41, 5.74) is 3.25. The second-order valence-electron chi connectivity index (χ2n) is 7.02. The molecule has 2 rings (SSSR count). The summed E-state index contributed by atoms with van der Waals surface area (Å²) in [6.07, 6.45) is 0.194. The minimum atomic E-state index is -0.355. The van der Waals surface area contributed by atoms with Crippen LogP contribution in [-0.2, 0) is 22.7 Å². The van der Waals surface area contributed by atoms with Crippen LogP contribution in [0.4, 0.5) is 0 Å². The molecule has 1 atom stereocenters. The highest BCUT2D eigenvalue weighted by atomic mass is 79.9. The average molecular weight is 460 g/mol. The summed E-state index contributed by atoms with van der Waals surface area (Å²) in [5.74, 6) is -0.250. The zero-order valence-electron chi connectivity index (χ0n) is 17.4. The standard InChI is InChI=1S/C23H30BrN3O2/c1-4-27(5-2)16-20-9-7-6-8-19(20)15-25-23(29)14-22(26-17(3)28)18-10-12-21(24)13-11-18/h6-13,22H,4-5,14-16H2,1-3H3,(H,25,29)(H,26,28). The molecular weight excluding hydrogens is 430 g/mol. The number of hydrogen-bond donors (Lipinski definition) is 2. The van der Waals surface area contributed by atoms with Crippen molar-refractivity contribution in [2.75, 3.05) is 13.1 Å². The molecular formula is C23H30BrN3O2. The second-order valence-corrected chi connectivity index (χ2v) is 7.93. The number of carbonyl (C=O) groups is 2. The average Bonchev–Trinajstić information content (AvgIpc) is 2.71. The summed E-state index contributed by atoms with van der Waals surface area (Å²) in [7, 11) is 0. The Bertz CT molecular complexity index is 804. The molecule has 6 heteroatoms. The van der Waals surface area contributed by atoms with Crippen molar-refractivity contribution in [3.05, 3.63) is 69.7 Å². The Morgan fingerprint density at radius 1 is 1.00 bits per heavy atom. The predicted molar refractivity (Wildman–Crippen MR) is 120 cm³/mol. The van der Waals surface area contributed by atoms with Crippen LogP contribution in [0.1, 0.15) is 49.9 Å². The summed E-state index contributed by atoms with van der Waals surface area (Å²) in [4.78, 5) is 26.6. The minimum absolute atomic E-state index is 0.0932. The van der Waals surface area contributed by atoms with Gasteiger partial charge in [0.25, 0.3) is 0 Å². The SMILES string of the molecule is CCN(CC)Cc1ccccc1CNC(=O)CC(NC(C)=O)c1ccc(Br)cc1. The molecule has 0 aliphatic rings. The quantitative estimate of drug-likeness (QED) is 0.560. The monoisotopic (exact) mass is 459 g/mol. The van der Waals surface area contributed by atoms with Crippen molar-refractivity contribution in [3.63, 3.8) is 0 Å². The van der Waals surface area contributed by atoms with Gasteiger partial charge in [-0.2, -0.15) is 0 Å². The van der Waals surface area contributed by atoms with E-state index in [2.05, 4.69) is 57.4 Å². The van der Waals surface area contributed by atoms with Gasteiger partial charge in [-0.1, -0.05) is 66.2 Å². The Balaban J connectivity index is 2.02. The molecule has 156 valence electrons. The Labute approximate surface area is 182 Å². The molecule has 1 unspecified atom stereocenters. The van der Waals surface area contributed by atoms with E-state index < -0.39 is 0 Å². The van der Waals surface area contributed by atoms with Crippen molar-refractivity contribution >= 4 is 27.7 Å². The van der Waals surface area contributed by atoms with Gasteiger partial charge in [-0.25, -0.2) is 0 Å².